The number of nitrogens with zero attached hydrogens (tertiary/aromatic N) is 1. The van der Waals surface area contributed by atoms with Gasteiger partial charge in [-0.1, -0.05) is 30.3 Å². The Morgan fingerprint density at radius 3 is 2.55 bits per heavy atom. The van der Waals surface area contributed by atoms with Crippen molar-refractivity contribution in [2.45, 2.75) is 25.6 Å². The van der Waals surface area contributed by atoms with Crippen LogP contribution in [0.15, 0.2) is 30.3 Å². The van der Waals surface area contributed by atoms with Crippen molar-refractivity contribution in [2.75, 3.05) is 32.8 Å². The lowest BCUT2D eigenvalue weighted by atomic mass is 9.98. The van der Waals surface area contributed by atoms with Gasteiger partial charge in [0.1, 0.15) is 6.61 Å². The van der Waals surface area contributed by atoms with E-state index in [9.17, 15) is 4.79 Å². The van der Waals surface area contributed by atoms with Gasteiger partial charge in [0.25, 0.3) is 0 Å². The number of piperidine rings is 1. The van der Waals surface area contributed by atoms with Gasteiger partial charge in [-0.25, -0.2) is 4.79 Å². The van der Waals surface area contributed by atoms with E-state index in [1.807, 2.05) is 35.2 Å². The van der Waals surface area contributed by atoms with Crippen molar-refractivity contribution in [3.63, 3.8) is 0 Å². The molecule has 22 heavy (non-hydrogen) atoms. The van der Waals surface area contributed by atoms with Crippen LogP contribution in [-0.2, 0) is 16.1 Å². The number of ether oxygens (including phenoxy) is 2. The fourth-order valence-corrected chi connectivity index (χ4v) is 2.75. The Balaban J connectivity index is 1.34. The smallest absolute Gasteiger partial charge is 0.410 e. The van der Waals surface area contributed by atoms with Crippen molar-refractivity contribution in [1.82, 2.24) is 10.2 Å². The maximum atomic E-state index is 12.1. The molecule has 0 aromatic heterocycles. The number of hydrogen-bond donors (Lipinski definition) is 1. The highest BCUT2D eigenvalue weighted by atomic mass is 16.6. The normalized spacial score (nSPS) is 19.7. The molecule has 1 N–H and O–H groups in total. The van der Waals surface area contributed by atoms with Crippen molar-refractivity contribution < 1.29 is 14.3 Å². The van der Waals surface area contributed by atoms with E-state index in [2.05, 4.69) is 5.32 Å². The van der Waals surface area contributed by atoms with Crippen LogP contribution in [0.1, 0.15) is 18.4 Å². The van der Waals surface area contributed by atoms with E-state index in [-0.39, 0.29) is 6.09 Å². The van der Waals surface area contributed by atoms with Crippen molar-refractivity contribution in [3.8, 4) is 0 Å². The molecule has 2 aliphatic rings. The Morgan fingerprint density at radius 2 is 1.91 bits per heavy atom. The minimum Gasteiger partial charge on any atom is -0.445 e. The average Bonchev–Trinajstić information content (AvgIpc) is 2.53. The van der Waals surface area contributed by atoms with Gasteiger partial charge < -0.3 is 19.7 Å². The topological polar surface area (TPSA) is 50.8 Å². The summed E-state index contributed by atoms with van der Waals surface area (Å²) in [5, 5.41) is 3.20. The van der Waals surface area contributed by atoms with E-state index in [0.29, 0.717) is 18.6 Å². The third kappa shape index (κ3) is 4.21. The average molecular weight is 304 g/mol. The first-order valence-corrected chi connectivity index (χ1v) is 8.09. The monoisotopic (exact) mass is 304 g/mol. The third-order valence-corrected chi connectivity index (χ3v) is 4.39. The lowest BCUT2D eigenvalue weighted by molar-refractivity contribution is -0.0128. The molecule has 2 heterocycles. The number of carbonyl (C=O) groups is 1. The molecule has 1 amide bonds. The third-order valence-electron chi connectivity index (χ3n) is 4.39. The lowest BCUT2D eigenvalue weighted by Crippen LogP contribution is -2.49. The molecule has 1 aromatic rings. The van der Waals surface area contributed by atoms with Crippen LogP contribution in [0.3, 0.4) is 0 Å². The fraction of sp³-hybridized carbons (Fsp3) is 0.588. The summed E-state index contributed by atoms with van der Waals surface area (Å²) < 4.78 is 11.2. The van der Waals surface area contributed by atoms with Crippen LogP contribution < -0.4 is 5.32 Å². The number of rotatable bonds is 5. The van der Waals surface area contributed by atoms with Crippen molar-refractivity contribution in [3.05, 3.63) is 35.9 Å². The zero-order chi connectivity index (χ0) is 15.2. The van der Waals surface area contributed by atoms with Gasteiger partial charge in [0.15, 0.2) is 0 Å². The van der Waals surface area contributed by atoms with Crippen LogP contribution in [0.25, 0.3) is 0 Å². The van der Waals surface area contributed by atoms with Gasteiger partial charge in [-0.05, 0) is 24.3 Å². The number of amides is 1. The highest BCUT2D eigenvalue weighted by Gasteiger charge is 2.25. The van der Waals surface area contributed by atoms with E-state index in [4.69, 9.17) is 9.47 Å². The lowest BCUT2D eigenvalue weighted by Gasteiger charge is -2.33. The van der Waals surface area contributed by atoms with E-state index in [0.717, 1.165) is 51.2 Å². The number of nitrogens with one attached hydrogen (secondary N) is 1. The Bertz CT molecular complexity index is 468. The van der Waals surface area contributed by atoms with Crippen LogP contribution in [0.5, 0.6) is 0 Å². The maximum absolute atomic E-state index is 12.1. The molecule has 5 nitrogen and oxygen atoms in total. The summed E-state index contributed by atoms with van der Waals surface area (Å²) in [4.78, 5) is 13.9. The van der Waals surface area contributed by atoms with Crippen LogP contribution in [0.2, 0.25) is 0 Å². The summed E-state index contributed by atoms with van der Waals surface area (Å²) in [6, 6.07) is 9.79. The van der Waals surface area contributed by atoms with Gasteiger partial charge in [-0.15, -0.1) is 0 Å². The summed E-state index contributed by atoms with van der Waals surface area (Å²) in [6.45, 7) is 4.65. The van der Waals surface area contributed by atoms with Crippen molar-refractivity contribution in [1.29, 1.82) is 0 Å². The first-order chi connectivity index (χ1) is 10.8. The molecule has 2 aliphatic heterocycles. The molecule has 0 bridgehead atoms. The summed E-state index contributed by atoms with van der Waals surface area (Å²) in [6.07, 6.45) is 2.20. The predicted molar refractivity (Wildman–Crippen MR) is 83.5 cm³/mol. The zero-order valence-electron chi connectivity index (χ0n) is 12.9. The number of benzene rings is 1. The van der Waals surface area contributed by atoms with Gasteiger partial charge in [-0.3, -0.25) is 0 Å². The second-order valence-corrected chi connectivity index (χ2v) is 6.08. The molecule has 5 heteroatoms. The second-order valence-electron chi connectivity index (χ2n) is 6.08. The molecule has 0 saturated carbocycles. The van der Waals surface area contributed by atoms with Gasteiger partial charge in [0.2, 0.25) is 0 Å². The van der Waals surface area contributed by atoms with Gasteiger partial charge in [0, 0.05) is 26.2 Å². The minimum atomic E-state index is -0.202. The van der Waals surface area contributed by atoms with Crippen LogP contribution in [0.4, 0.5) is 4.79 Å². The van der Waals surface area contributed by atoms with Crippen LogP contribution in [-0.4, -0.2) is 49.9 Å². The second kappa shape index (κ2) is 7.61. The van der Waals surface area contributed by atoms with Gasteiger partial charge >= 0.3 is 6.09 Å². The molecule has 120 valence electrons. The molecule has 2 fully saturated rings. The highest BCUT2D eigenvalue weighted by molar-refractivity contribution is 5.67. The van der Waals surface area contributed by atoms with E-state index in [1.54, 1.807) is 0 Å². The maximum Gasteiger partial charge on any atom is 0.410 e. The number of likely N-dealkylation sites (tertiary alicyclic amines) is 1. The summed E-state index contributed by atoms with van der Waals surface area (Å²) >= 11 is 0. The first-order valence-electron chi connectivity index (χ1n) is 8.09. The molecule has 0 radical (unpaired) electrons. The number of hydrogen-bond acceptors (Lipinski definition) is 4. The van der Waals surface area contributed by atoms with E-state index >= 15 is 0 Å². The summed E-state index contributed by atoms with van der Waals surface area (Å²) in [5.74, 6) is 0.568. The molecular formula is C17H24N2O3. The molecule has 2 saturated heterocycles. The standard InChI is InChI=1S/C17H24N2O3/c20-17(22-13-14-4-2-1-3-5-14)19-8-6-15(7-9-19)12-21-16-10-18-11-16/h1-5,15-16,18H,6-13H2. The van der Waals surface area contributed by atoms with Crippen molar-refractivity contribution >= 4 is 6.09 Å². The fourth-order valence-electron chi connectivity index (χ4n) is 2.75. The van der Waals surface area contributed by atoms with E-state index in [1.165, 1.54) is 0 Å². The largest absolute Gasteiger partial charge is 0.445 e. The van der Waals surface area contributed by atoms with Crippen LogP contribution >= 0.6 is 0 Å². The molecule has 3 rings (SSSR count). The van der Waals surface area contributed by atoms with E-state index < -0.39 is 0 Å². The Kier molecular flexibility index (Phi) is 5.29. The molecule has 1 aromatic carbocycles. The summed E-state index contributed by atoms with van der Waals surface area (Å²) in [7, 11) is 0. The number of carbonyl (C=O) groups excluding carboxylic acids is 1. The van der Waals surface area contributed by atoms with Gasteiger partial charge in [-0.2, -0.15) is 0 Å². The Morgan fingerprint density at radius 1 is 1.18 bits per heavy atom. The Hall–Kier alpha value is -1.59. The quantitative estimate of drug-likeness (QED) is 0.904. The minimum absolute atomic E-state index is 0.202. The van der Waals surface area contributed by atoms with Gasteiger partial charge in [0.05, 0.1) is 12.7 Å². The molecule has 0 spiro atoms. The zero-order valence-corrected chi connectivity index (χ0v) is 12.9. The van der Waals surface area contributed by atoms with Crippen LogP contribution in [0, 0.1) is 5.92 Å². The predicted octanol–water partition coefficient (Wildman–Crippen LogP) is 2.02. The molecular weight excluding hydrogens is 280 g/mol. The Labute approximate surface area is 131 Å². The first kappa shape index (κ1) is 15.3. The molecule has 0 unspecified atom stereocenters. The SMILES string of the molecule is O=C(OCc1ccccc1)N1CCC(COC2CNC2)CC1. The highest BCUT2D eigenvalue weighted by Crippen LogP contribution is 2.19. The summed E-state index contributed by atoms with van der Waals surface area (Å²) in [5.41, 5.74) is 1.02. The molecule has 0 atom stereocenters. The van der Waals surface area contributed by atoms with Crippen molar-refractivity contribution in [2.24, 2.45) is 5.92 Å². The molecule has 0 aliphatic carbocycles.